The number of ether oxygens (including phenoxy) is 1. The fraction of sp³-hybridized carbons (Fsp3) is 0.647. The summed E-state index contributed by atoms with van der Waals surface area (Å²) < 4.78 is 5.39. The summed E-state index contributed by atoms with van der Waals surface area (Å²) in [7, 11) is 0. The molecule has 0 unspecified atom stereocenters. The third-order valence-corrected chi connectivity index (χ3v) is 5.00. The van der Waals surface area contributed by atoms with E-state index >= 15 is 0 Å². The lowest BCUT2D eigenvalue weighted by Gasteiger charge is -2.35. The van der Waals surface area contributed by atoms with Crippen LogP contribution in [0, 0.1) is 16.0 Å². The normalized spacial score (nSPS) is 20.6. The molecule has 2 aliphatic heterocycles. The van der Waals surface area contributed by atoms with Crippen molar-refractivity contribution in [3.8, 4) is 0 Å². The van der Waals surface area contributed by atoms with Crippen LogP contribution < -0.4 is 4.90 Å². The van der Waals surface area contributed by atoms with Crippen LogP contribution in [0.2, 0.25) is 0 Å². The van der Waals surface area contributed by atoms with Crippen LogP contribution in [0.4, 0.5) is 11.4 Å². The lowest BCUT2D eigenvalue weighted by atomic mass is 9.93. The number of non-ortho nitro benzene ring substituents is 1. The maximum absolute atomic E-state index is 10.7. The molecule has 1 aromatic carbocycles. The summed E-state index contributed by atoms with van der Waals surface area (Å²) in [6.07, 6.45) is 3.69. The highest BCUT2D eigenvalue weighted by atomic mass is 16.6. The molecule has 126 valence electrons. The van der Waals surface area contributed by atoms with Crippen molar-refractivity contribution in [3.63, 3.8) is 0 Å². The van der Waals surface area contributed by atoms with E-state index in [0.29, 0.717) is 0 Å². The predicted octanol–water partition coefficient (Wildman–Crippen LogP) is 2.53. The third kappa shape index (κ3) is 4.42. The lowest BCUT2D eigenvalue weighted by Crippen LogP contribution is -2.39. The molecule has 6 heteroatoms. The average Bonchev–Trinajstić information content (AvgIpc) is 2.61. The molecule has 0 bridgehead atoms. The Morgan fingerprint density at radius 1 is 1.09 bits per heavy atom. The molecule has 3 rings (SSSR count). The number of piperidine rings is 1. The Bertz CT molecular complexity index is 506. The minimum absolute atomic E-state index is 0.161. The summed E-state index contributed by atoms with van der Waals surface area (Å²) in [5.74, 6) is 0.798. The van der Waals surface area contributed by atoms with Crippen LogP contribution in [0.25, 0.3) is 0 Å². The number of hydrogen-bond acceptors (Lipinski definition) is 5. The smallest absolute Gasteiger partial charge is 0.269 e. The van der Waals surface area contributed by atoms with Crippen LogP contribution in [0.5, 0.6) is 0 Å². The second-order valence-electron chi connectivity index (χ2n) is 6.45. The van der Waals surface area contributed by atoms with E-state index in [1.807, 2.05) is 12.1 Å². The fourth-order valence-electron chi connectivity index (χ4n) is 3.45. The van der Waals surface area contributed by atoms with Gasteiger partial charge in [-0.25, -0.2) is 0 Å². The van der Waals surface area contributed by atoms with E-state index in [4.69, 9.17) is 4.74 Å². The third-order valence-electron chi connectivity index (χ3n) is 5.00. The largest absolute Gasteiger partial charge is 0.379 e. The molecule has 2 heterocycles. The highest BCUT2D eigenvalue weighted by Gasteiger charge is 2.21. The molecule has 1 aromatic rings. The predicted molar refractivity (Wildman–Crippen MR) is 89.9 cm³/mol. The summed E-state index contributed by atoms with van der Waals surface area (Å²) >= 11 is 0. The molecule has 0 spiro atoms. The van der Waals surface area contributed by atoms with Crippen molar-refractivity contribution < 1.29 is 9.66 Å². The number of morpholine rings is 1. The highest BCUT2D eigenvalue weighted by molar-refractivity contribution is 5.51. The maximum atomic E-state index is 10.7. The first-order valence-corrected chi connectivity index (χ1v) is 8.52. The molecular weight excluding hydrogens is 294 g/mol. The molecule has 2 saturated heterocycles. The number of rotatable bonds is 5. The molecule has 2 fully saturated rings. The van der Waals surface area contributed by atoms with Crippen LogP contribution in [0.1, 0.15) is 19.3 Å². The lowest BCUT2D eigenvalue weighted by molar-refractivity contribution is -0.384. The highest BCUT2D eigenvalue weighted by Crippen LogP contribution is 2.26. The van der Waals surface area contributed by atoms with E-state index in [1.165, 1.54) is 25.8 Å². The zero-order valence-electron chi connectivity index (χ0n) is 13.5. The molecule has 0 N–H and O–H groups in total. The maximum Gasteiger partial charge on any atom is 0.269 e. The van der Waals surface area contributed by atoms with Gasteiger partial charge in [0.2, 0.25) is 0 Å². The summed E-state index contributed by atoms with van der Waals surface area (Å²) in [5.41, 5.74) is 1.26. The van der Waals surface area contributed by atoms with Gasteiger partial charge in [-0.1, -0.05) is 0 Å². The van der Waals surface area contributed by atoms with E-state index in [2.05, 4.69) is 9.80 Å². The Balaban J connectivity index is 1.43. The van der Waals surface area contributed by atoms with E-state index in [-0.39, 0.29) is 10.6 Å². The molecule has 6 nitrogen and oxygen atoms in total. The zero-order valence-corrected chi connectivity index (χ0v) is 13.5. The average molecular weight is 319 g/mol. The minimum atomic E-state index is -0.346. The molecule has 0 radical (unpaired) electrons. The topological polar surface area (TPSA) is 58.9 Å². The van der Waals surface area contributed by atoms with Crippen LogP contribution in [-0.2, 0) is 4.74 Å². The van der Waals surface area contributed by atoms with E-state index < -0.39 is 0 Å². The second kappa shape index (κ2) is 7.75. The molecule has 0 aromatic heterocycles. The van der Waals surface area contributed by atoms with Crippen molar-refractivity contribution in [2.75, 3.05) is 50.8 Å². The van der Waals surface area contributed by atoms with Crippen LogP contribution in [0.15, 0.2) is 24.3 Å². The quantitative estimate of drug-likeness (QED) is 0.616. The molecule has 0 aliphatic carbocycles. The number of nitro benzene ring substituents is 1. The summed E-state index contributed by atoms with van der Waals surface area (Å²) in [6.45, 7) is 7.17. The Morgan fingerprint density at radius 3 is 2.35 bits per heavy atom. The van der Waals surface area contributed by atoms with Gasteiger partial charge in [0.05, 0.1) is 18.1 Å². The van der Waals surface area contributed by atoms with Gasteiger partial charge in [0.1, 0.15) is 0 Å². The van der Waals surface area contributed by atoms with Crippen molar-refractivity contribution in [1.82, 2.24) is 4.90 Å². The first-order valence-electron chi connectivity index (χ1n) is 8.52. The van der Waals surface area contributed by atoms with Gasteiger partial charge >= 0.3 is 0 Å². The SMILES string of the molecule is O=[N+]([O-])c1ccc(N2CCC(CCN3CCOCC3)CC2)cc1. The van der Waals surface area contributed by atoms with Crippen LogP contribution in [-0.4, -0.2) is 55.8 Å². The van der Waals surface area contributed by atoms with Gasteiger partial charge in [-0.2, -0.15) is 0 Å². The summed E-state index contributed by atoms with van der Waals surface area (Å²) in [6, 6.07) is 6.93. The van der Waals surface area contributed by atoms with E-state index in [0.717, 1.165) is 51.0 Å². The Labute approximate surface area is 137 Å². The molecule has 0 amide bonds. The second-order valence-corrected chi connectivity index (χ2v) is 6.45. The molecule has 2 aliphatic rings. The first kappa shape index (κ1) is 16.2. The number of nitro groups is 1. The van der Waals surface area contributed by atoms with Crippen molar-refractivity contribution in [3.05, 3.63) is 34.4 Å². The van der Waals surface area contributed by atoms with E-state index in [9.17, 15) is 10.1 Å². The van der Waals surface area contributed by atoms with Crippen molar-refractivity contribution in [2.45, 2.75) is 19.3 Å². The molecule has 23 heavy (non-hydrogen) atoms. The summed E-state index contributed by atoms with van der Waals surface area (Å²) in [5, 5.41) is 10.7. The van der Waals surface area contributed by atoms with Gasteiger partial charge < -0.3 is 9.64 Å². The van der Waals surface area contributed by atoms with Crippen molar-refractivity contribution in [2.24, 2.45) is 5.92 Å². The Hall–Kier alpha value is -1.66. The van der Waals surface area contributed by atoms with Gasteiger partial charge in [-0.3, -0.25) is 15.0 Å². The summed E-state index contributed by atoms with van der Waals surface area (Å²) in [4.78, 5) is 15.2. The van der Waals surface area contributed by atoms with E-state index in [1.54, 1.807) is 12.1 Å². The number of anilines is 1. The molecule has 0 atom stereocenters. The zero-order chi connectivity index (χ0) is 16.1. The standard InChI is InChI=1S/C17H25N3O3/c21-20(22)17-3-1-16(2-4-17)19-9-6-15(7-10-19)5-8-18-11-13-23-14-12-18/h1-4,15H,5-14H2. The number of hydrogen-bond donors (Lipinski definition) is 0. The number of nitrogens with zero attached hydrogens (tertiary/aromatic N) is 3. The van der Waals surface area contributed by atoms with Gasteiger partial charge in [0.25, 0.3) is 5.69 Å². The number of benzene rings is 1. The van der Waals surface area contributed by atoms with Gasteiger partial charge in [0, 0.05) is 44.0 Å². The van der Waals surface area contributed by atoms with Crippen LogP contribution >= 0.6 is 0 Å². The monoisotopic (exact) mass is 319 g/mol. The Kier molecular flexibility index (Phi) is 5.46. The van der Waals surface area contributed by atoms with Crippen LogP contribution in [0.3, 0.4) is 0 Å². The minimum Gasteiger partial charge on any atom is -0.379 e. The van der Waals surface area contributed by atoms with Gasteiger partial charge in [-0.15, -0.1) is 0 Å². The van der Waals surface area contributed by atoms with Gasteiger partial charge in [0.15, 0.2) is 0 Å². The molecule has 0 saturated carbocycles. The van der Waals surface area contributed by atoms with Crippen molar-refractivity contribution in [1.29, 1.82) is 0 Å². The Morgan fingerprint density at radius 2 is 1.74 bits per heavy atom. The first-order chi connectivity index (χ1) is 11.2. The van der Waals surface area contributed by atoms with Crippen molar-refractivity contribution >= 4 is 11.4 Å². The van der Waals surface area contributed by atoms with Gasteiger partial charge in [-0.05, 0) is 43.9 Å². The molecular formula is C17H25N3O3. The fourth-order valence-corrected chi connectivity index (χ4v) is 3.45.